The van der Waals surface area contributed by atoms with E-state index in [0.29, 0.717) is 13.2 Å². The number of nitrogens with one attached hydrogen (secondary N) is 2. The second-order valence-corrected chi connectivity index (χ2v) is 4.07. The average Bonchev–Trinajstić information content (AvgIpc) is 2.31. The zero-order valence-corrected chi connectivity index (χ0v) is 11.1. The van der Waals surface area contributed by atoms with Gasteiger partial charge in [0.05, 0.1) is 12.6 Å². The van der Waals surface area contributed by atoms with Crippen LogP contribution in [0, 0.1) is 0 Å². The van der Waals surface area contributed by atoms with Crippen molar-refractivity contribution in [2.75, 3.05) is 13.2 Å². The van der Waals surface area contributed by atoms with Crippen molar-refractivity contribution in [3.63, 3.8) is 0 Å². The zero-order chi connectivity index (χ0) is 14.8. The standard InChI is InChI=1S/C11H21N3O5/c1-3-19-6-7(2)13-11(18)14-8(10(16)17)4-5-9(12)15/h7-8H,3-6H2,1-2H3,(H2,12,15)(H,16,17)(H2,13,14,18). The van der Waals surface area contributed by atoms with Crippen LogP contribution >= 0.6 is 0 Å². The highest BCUT2D eigenvalue weighted by Crippen LogP contribution is 1.97. The number of carboxylic acid groups (broad SMARTS) is 1. The quantitative estimate of drug-likeness (QED) is 0.447. The van der Waals surface area contributed by atoms with Crippen LogP contribution < -0.4 is 16.4 Å². The first kappa shape index (κ1) is 17.2. The monoisotopic (exact) mass is 275 g/mol. The first-order valence-electron chi connectivity index (χ1n) is 6.02. The summed E-state index contributed by atoms with van der Waals surface area (Å²) in [7, 11) is 0. The van der Waals surface area contributed by atoms with Crippen LogP contribution in [0.4, 0.5) is 4.79 Å². The minimum absolute atomic E-state index is 0.0437. The second kappa shape index (κ2) is 9.15. The van der Waals surface area contributed by atoms with Gasteiger partial charge in [-0.1, -0.05) is 0 Å². The Morgan fingerprint density at radius 1 is 1.32 bits per heavy atom. The van der Waals surface area contributed by atoms with Crippen molar-refractivity contribution in [3.05, 3.63) is 0 Å². The van der Waals surface area contributed by atoms with Crippen LogP contribution in [-0.2, 0) is 14.3 Å². The summed E-state index contributed by atoms with van der Waals surface area (Å²) in [4.78, 5) is 33.0. The van der Waals surface area contributed by atoms with Gasteiger partial charge in [-0.05, 0) is 20.3 Å². The van der Waals surface area contributed by atoms with E-state index in [2.05, 4.69) is 10.6 Å². The molecule has 0 saturated carbocycles. The molecule has 2 atom stereocenters. The minimum atomic E-state index is -1.21. The number of nitrogens with two attached hydrogens (primary N) is 1. The molecule has 0 saturated heterocycles. The molecule has 2 unspecified atom stereocenters. The van der Waals surface area contributed by atoms with E-state index in [-0.39, 0.29) is 18.9 Å². The Bertz CT molecular complexity index is 321. The zero-order valence-electron chi connectivity index (χ0n) is 11.1. The molecule has 0 heterocycles. The van der Waals surface area contributed by atoms with Crippen molar-refractivity contribution in [2.24, 2.45) is 5.73 Å². The molecule has 110 valence electrons. The van der Waals surface area contributed by atoms with Crippen molar-refractivity contribution >= 4 is 17.9 Å². The molecule has 0 rings (SSSR count). The smallest absolute Gasteiger partial charge is 0.326 e. The Hall–Kier alpha value is -1.83. The Balaban J connectivity index is 4.16. The number of rotatable bonds is 9. The highest BCUT2D eigenvalue weighted by Gasteiger charge is 2.21. The lowest BCUT2D eigenvalue weighted by molar-refractivity contribution is -0.139. The fraction of sp³-hybridized carbons (Fsp3) is 0.727. The van der Waals surface area contributed by atoms with Gasteiger partial charge < -0.3 is 26.2 Å². The van der Waals surface area contributed by atoms with E-state index in [9.17, 15) is 14.4 Å². The van der Waals surface area contributed by atoms with Gasteiger partial charge in [0.2, 0.25) is 5.91 Å². The first-order chi connectivity index (χ1) is 8.86. The molecule has 0 aromatic heterocycles. The van der Waals surface area contributed by atoms with Gasteiger partial charge in [0.15, 0.2) is 0 Å². The second-order valence-electron chi connectivity index (χ2n) is 4.07. The topological polar surface area (TPSA) is 131 Å². The van der Waals surface area contributed by atoms with Gasteiger partial charge in [-0.2, -0.15) is 0 Å². The summed E-state index contributed by atoms with van der Waals surface area (Å²) in [6, 6.07) is -2.01. The highest BCUT2D eigenvalue weighted by molar-refractivity contribution is 5.83. The number of carbonyl (C=O) groups excluding carboxylic acids is 2. The van der Waals surface area contributed by atoms with Crippen molar-refractivity contribution in [1.29, 1.82) is 0 Å². The lowest BCUT2D eigenvalue weighted by Gasteiger charge is -2.18. The Morgan fingerprint density at radius 3 is 2.42 bits per heavy atom. The van der Waals surface area contributed by atoms with Crippen LogP contribution in [0.3, 0.4) is 0 Å². The van der Waals surface area contributed by atoms with E-state index < -0.39 is 23.9 Å². The summed E-state index contributed by atoms with van der Waals surface area (Å²) < 4.78 is 5.11. The Morgan fingerprint density at radius 2 is 1.95 bits per heavy atom. The first-order valence-corrected chi connectivity index (χ1v) is 6.02. The van der Waals surface area contributed by atoms with Crippen LogP contribution in [-0.4, -0.2) is 48.3 Å². The van der Waals surface area contributed by atoms with Crippen molar-refractivity contribution in [3.8, 4) is 0 Å². The molecule has 8 heteroatoms. The maximum Gasteiger partial charge on any atom is 0.326 e. The fourth-order valence-electron chi connectivity index (χ4n) is 1.30. The van der Waals surface area contributed by atoms with Crippen LogP contribution in [0.25, 0.3) is 0 Å². The summed E-state index contributed by atoms with van der Waals surface area (Å²) in [5.74, 6) is -1.83. The summed E-state index contributed by atoms with van der Waals surface area (Å²) in [6.45, 7) is 4.43. The lowest BCUT2D eigenvalue weighted by atomic mass is 10.1. The third-order valence-electron chi connectivity index (χ3n) is 2.23. The number of carboxylic acids is 1. The SMILES string of the molecule is CCOCC(C)NC(=O)NC(CCC(N)=O)C(=O)O. The maximum atomic E-state index is 11.5. The van der Waals surface area contributed by atoms with Crippen LogP contribution in [0.2, 0.25) is 0 Å². The maximum absolute atomic E-state index is 11.5. The third kappa shape index (κ3) is 8.83. The van der Waals surface area contributed by atoms with Gasteiger partial charge in [-0.15, -0.1) is 0 Å². The molecule has 0 bridgehead atoms. The minimum Gasteiger partial charge on any atom is -0.480 e. The number of hydrogen-bond acceptors (Lipinski definition) is 4. The molecule has 0 fully saturated rings. The number of ether oxygens (including phenoxy) is 1. The van der Waals surface area contributed by atoms with Gasteiger partial charge in [0, 0.05) is 13.0 Å². The van der Waals surface area contributed by atoms with E-state index in [4.69, 9.17) is 15.6 Å². The van der Waals surface area contributed by atoms with Crippen molar-refractivity contribution in [1.82, 2.24) is 10.6 Å². The molecule has 3 amide bonds. The summed E-state index contributed by atoms with van der Waals surface area (Å²) in [5.41, 5.74) is 4.93. The molecular weight excluding hydrogens is 254 g/mol. The van der Waals surface area contributed by atoms with Crippen molar-refractivity contribution < 1.29 is 24.2 Å². The number of carbonyl (C=O) groups is 3. The number of primary amides is 1. The normalized spacial score (nSPS) is 13.4. The predicted octanol–water partition coefficient (Wildman–Crippen LogP) is -0.571. The van der Waals surface area contributed by atoms with Crippen LogP contribution in [0.1, 0.15) is 26.7 Å². The highest BCUT2D eigenvalue weighted by atomic mass is 16.5. The van der Waals surface area contributed by atoms with Gasteiger partial charge in [-0.25, -0.2) is 9.59 Å². The third-order valence-corrected chi connectivity index (χ3v) is 2.23. The summed E-state index contributed by atoms with van der Waals surface area (Å²) >= 11 is 0. The largest absolute Gasteiger partial charge is 0.480 e. The fourth-order valence-corrected chi connectivity index (χ4v) is 1.30. The van der Waals surface area contributed by atoms with E-state index in [1.807, 2.05) is 6.92 Å². The number of hydrogen-bond donors (Lipinski definition) is 4. The molecule has 8 nitrogen and oxygen atoms in total. The molecular formula is C11H21N3O5. The number of aliphatic carboxylic acids is 1. The summed E-state index contributed by atoms with van der Waals surface area (Å²) in [6.07, 6.45) is -0.149. The predicted molar refractivity (Wildman–Crippen MR) is 67.5 cm³/mol. The van der Waals surface area contributed by atoms with E-state index in [1.54, 1.807) is 6.92 Å². The molecule has 0 aliphatic rings. The van der Waals surface area contributed by atoms with Crippen molar-refractivity contribution in [2.45, 2.75) is 38.8 Å². The molecule has 0 radical (unpaired) electrons. The Labute approximate surface area is 111 Å². The molecule has 0 aromatic rings. The lowest BCUT2D eigenvalue weighted by Crippen LogP contribution is -2.49. The number of amides is 3. The molecule has 19 heavy (non-hydrogen) atoms. The van der Waals surface area contributed by atoms with Crippen LogP contribution in [0.5, 0.6) is 0 Å². The van der Waals surface area contributed by atoms with E-state index in [0.717, 1.165) is 0 Å². The molecule has 0 spiro atoms. The van der Waals surface area contributed by atoms with Gasteiger partial charge in [0.1, 0.15) is 6.04 Å². The average molecular weight is 275 g/mol. The van der Waals surface area contributed by atoms with Gasteiger partial charge in [-0.3, -0.25) is 4.79 Å². The molecule has 0 aliphatic heterocycles. The van der Waals surface area contributed by atoms with E-state index >= 15 is 0 Å². The molecule has 0 aliphatic carbocycles. The van der Waals surface area contributed by atoms with Gasteiger partial charge >= 0.3 is 12.0 Å². The molecule has 0 aromatic carbocycles. The van der Waals surface area contributed by atoms with E-state index in [1.165, 1.54) is 0 Å². The van der Waals surface area contributed by atoms with Gasteiger partial charge in [0.25, 0.3) is 0 Å². The summed E-state index contributed by atoms with van der Waals surface area (Å²) in [5, 5.41) is 13.7. The molecule has 5 N–H and O–H groups in total. The number of urea groups is 1. The van der Waals surface area contributed by atoms with Crippen LogP contribution in [0.15, 0.2) is 0 Å². The Kier molecular flexibility index (Phi) is 8.27.